The fourth-order valence-corrected chi connectivity index (χ4v) is 1.08. The highest BCUT2D eigenvalue weighted by molar-refractivity contribution is 5.13. The highest BCUT2D eigenvalue weighted by atomic mass is 16.5. The largest absolute Gasteiger partial charge is 0.462 e. The lowest BCUT2D eigenvalue weighted by atomic mass is 10.2. The van der Waals surface area contributed by atoms with Crippen LogP contribution in [-0.2, 0) is 11.3 Å². The molecule has 0 atom stereocenters. The molecule has 2 heteroatoms. The van der Waals surface area contributed by atoms with Gasteiger partial charge in [0.05, 0.1) is 6.61 Å². The van der Waals surface area contributed by atoms with Gasteiger partial charge in [-0.1, -0.05) is 36.3 Å². The van der Waals surface area contributed by atoms with Crippen LogP contribution < -0.4 is 0 Å². The molecule has 0 aliphatic rings. The maximum Gasteiger partial charge on any atom is 0.107 e. The lowest BCUT2D eigenvalue weighted by Crippen LogP contribution is -1.94. The average molecular weight is 190 g/mol. The number of unbranched alkanes of at least 4 members (excludes halogenated alkanes) is 1. The third-order valence-corrected chi connectivity index (χ3v) is 1.78. The second-order valence-electron chi connectivity index (χ2n) is 2.93. The predicted molar refractivity (Wildman–Crippen MR) is 55.0 cm³/mol. The van der Waals surface area contributed by atoms with E-state index in [2.05, 4.69) is 5.92 Å². The Hall–Kier alpha value is -1.46. The SMILES string of the molecule is OC#CCCCOCc1ccccc1. The van der Waals surface area contributed by atoms with Gasteiger partial charge in [-0.05, 0) is 12.0 Å². The molecule has 0 radical (unpaired) electrons. The minimum atomic E-state index is 0.646. The average Bonchev–Trinajstić information content (AvgIpc) is 2.25. The van der Waals surface area contributed by atoms with Gasteiger partial charge in [-0.25, -0.2) is 0 Å². The molecule has 0 fully saturated rings. The molecule has 0 unspecified atom stereocenters. The smallest absolute Gasteiger partial charge is 0.107 e. The summed E-state index contributed by atoms with van der Waals surface area (Å²) < 4.78 is 5.42. The van der Waals surface area contributed by atoms with E-state index in [4.69, 9.17) is 9.84 Å². The molecular weight excluding hydrogens is 176 g/mol. The Bertz CT molecular complexity index is 295. The number of benzene rings is 1. The Kier molecular flexibility index (Phi) is 5.30. The van der Waals surface area contributed by atoms with Crippen molar-refractivity contribution in [2.45, 2.75) is 19.4 Å². The van der Waals surface area contributed by atoms with Crippen molar-refractivity contribution in [3.05, 3.63) is 35.9 Å². The van der Waals surface area contributed by atoms with Crippen LogP contribution >= 0.6 is 0 Å². The molecule has 1 N–H and O–H groups in total. The lowest BCUT2D eigenvalue weighted by molar-refractivity contribution is 0.119. The third-order valence-electron chi connectivity index (χ3n) is 1.78. The summed E-state index contributed by atoms with van der Waals surface area (Å²) in [6.45, 7) is 1.33. The van der Waals surface area contributed by atoms with Crippen molar-refractivity contribution in [2.24, 2.45) is 0 Å². The molecule has 14 heavy (non-hydrogen) atoms. The van der Waals surface area contributed by atoms with Gasteiger partial charge < -0.3 is 9.84 Å². The number of hydrogen-bond donors (Lipinski definition) is 1. The molecule has 0 aliphatic carbocycles. The van der Waals surface area contributed by atoms with Crippen LogP contribution in [0.15, 0.2) is 30.3 Å². The van der Waals surface area contributed by atoms with Crippen molar-refractivity contribution < 1.29 is 9.84 Å². The Balaban J connectivity index is 2.06. The summed E-state index contributed by atoms with van der Waals surface area (Å²) in [7, 11) is 0. The van der Waals surface area contributed by atoms with Crippen molar-refractivity contribution in [1.82, 2.24) is 0 Å². The van der Waals surface area contributed by atoms with Crippen LogP contribution in [0.4, 0.5) is 0 Å². The molecule has 0 aliphatic heterocycles. The highest BCUT2D eigenvalue weighted by Crippen LogP contribution is 2.01. The van der Waals surface area contributed by atoms with Gasteiger partial charge in [0.15, 0.2) is 0 Å². The Morgan fingerprint density at radius 2 is 2.00 bits per heavy atom. The zero-order chi connectivity index (χ0) is 10.1. The molecule has 1 rings (SSSR count). The van der Waals surface area contributed by atoms with Crippen molar-refractivity contribution in [3.8, 4) is 12.0 Å². The van der Waals surface area contributed by atoms with Crippen LogP contribution in [0.5, 0.6) is 0 Å². The standard InChI is InChI=1S/C12H14O2/c13-9-5-2-6-10-14-11-12-7-3-1-4-8-12/h1,3-4,7-8,13H,2,6,10-11H2. The van der Waals surface area contributed by atoms with Gasteiger partial charge in [0.1, 0.15) is 6.11 Å². The monoisotopic (exact) mass is 190 g/mol. The van der Waals surface area contributed by atoms with Gasteiger partial charge in [0.2, 0.25) is 0 Å². The first kappa shape index (κ1) is 10.6. The van der Waals surface area contributed by atoms with E-state index in [1.165, 1.54) is 5.56 Å². The van der Waals surface area contributed by atoms with E-state index in [1.54, 1.807) is 0 Å². The quantitative estimate of drug-likeness (QED) is 0.570. The molecule has 0 saturated carbocycles. The predicted octanol–water partition coefficient (Wildman–Crippen LogP) is 2.32. The van der Waals surface area contributed by atoms with Crippen molar-refractivity contribution in [2.75, 3.05) is 6.61 Å². The van der Waals surface area contributed by atoms with Crippen molar-refractivity contribution >= 4 is 0 Å². The second kappa shape index (κ2) is 6.99. The molecule has 0 bridgehead atoms. The van der Waals surface area contributed by atoms with E-state index in [0.29, 0.717) is 19.6 Å². The van der Waals surface area contributed by atoms with Crippen molar-refractivity contribution in [3.63, 3.8) is 0 Å². The normalized spacial score (nSPS) is 9.14. The maximum atomic E-state index is 8.20. The van der Waals surface area contributed by atoms with Crippen LogP contribution in [0.2, 0.25) is 0 Å². The first-order chi connectivity index (χ1) is 6.93. The molecule has 1 aromatic rings. The molecule has 74 valence electrons. The fraction of sp³-hybridized carbons (Fsp3) is 0.333. The third kappa shape index (κ3) is 4.54. The fourth-order valence-electron chi connectivity index (χ4n) is 1.08. The summed E-state index contributed by atoms with van der Waals surface area (Å²) in [4.78, 5) is 0. The van der Waals surface area contributed by atoms with Gasteiger partial charge in [-0.2, -0.15) is 0 Å². The highest BCUT2D eigenvalue weighted by Gasteiger charge is 1.90. The first-order valence-corrected chi connectivity index (χ1v) is 4.67. The van der Waals surface area contributed by atoms with E-state index in [1.807, 2.05) is 36.4 Å². The number of rotatable bonds is 5. The van der Waals surface area contributed by atoms with Gasteiger partial charge in [-0.3, -0.25) is 0 Å². The zero-order valence-corrected chi connectivity index (χ0v) is 8.07. The van der Waals surface area contributed by atoms with E-state index >= 15 is 0 Å². The summed E-state index contributed by atoms with van der Waals surface area (Å²) >= 11 is 0. The first-order valence-electron chi connectivity index (χ1n) is 4.67. The van der Waals surface area contributed by atoms with Gasteiger partial charge in [0, 0.05) is 13.0 Å². The van der Waals surface area contributed by atoms with E-state index < -0.39 is 0 Å². The number of ether oxygens (including phenoxy) is 1. The molecule has 2 nitrogen and oxygen atoms in total. The molecule has 0 saturated heterocycles. The minimum absolute atomic E-state index is 0.646. The molecule has 0 heterocycles. The Morgan fingerprint density at radius 1 is 1.21 bits per heavy atom. The Labute approximate surface area is 84.5 Å². The molecule has 0 aromatic heterocycles. The van der Waals surface area contributed by atoms with Crippen LogP contribution in [0.1, 0.15) is 18.4 Å². The summed E-state index contributed by atoms with van der Waals surface area (Å²) in [6.07, 6.45) is 3.42. The van der Waals surface area contributed by atoms with Crippen LogP contribution in [0.25, 0.3) is 0 Å². The Morgan fingerprint density at radius 3 is 2.71 bits per heavy atom. The van der Waals surface area contributed by atoms with E-state index in [0.717, 1.165) is 6.42 Å². The molecule has 1 aromatic carbocycles. The number of hydrogen-bond acceptors (Lipinski definition) is 2. The topological polar surface area (TPSA) is 29.5 Å². The molecule has 0 spiro atoms. The van der Waals surface area contributed by atoms with E-state index in [9.17, 15) is 0 Å². The van der Waals surface area contributed by atoms with Gasteiger partial charge in [-0.15, -0.1) is 0 Å². The summed E-state index contributed by atoms with van der Waals surface area (Å²) in [5.41, 5.74) is 1.18. The summed E-state index contributed by atoms with van der Waals surface area (Å²) in [5, 5.41) is 8.20. The van der Waals surface area contributed by atoms with Crippen LogP contribution in [0, 0.1) is 12.0 Å². The second-order valence-corrected chi connectivity index (χ2v) is 2.93. The molecular formula is C12H14O2. The summed E-state index contributed by atoms with van der Waals surface area (Å²) in [5.74, 6) is 2.57. The van der Waals surface area contributed by atoms with Gasteiger partial charge >= 0.3 is 0 Å². The minimum Gasteiger partial charge on any atom is -0.462 e. The summed E-state index contributed by atoms with van der Waals surface area (Å²) in [6, 6.07) is 10.0. The van der Waals surface area contributed by atoms with E-state index in [-0.39, 0.29) is 0 Å². The van der Waals surface area contributed by atoms with Crippen molar-refractivity contribution in [1.29, 1.82) is 0 Å². The maximum absolute atomic E-state index is 8.20. The number of aliphatic hydroxyl groups is 1. The number of aliphatic hydroxyl groups excluding tert-OH is 1. The molecule has 0 amide bonds. The zero-order valence-electron chi connectivity index (χ0n) is 8.07. The lowest BCUT2D eigenvalue weighted by Gasteiger charge is -2.02. The van der Waals surface area contributed by atoms with Crippen LogP contribution in [0.3, 0.4) is 0 Å². The van der Waals surface area contributed by atoms with Crippen LogP contribution in [-0.4, -0.2) is 11.7 Å². The van der Waals surface area contributed by atoms with Gasteiger partial charge in [0.25, 0.3) is 0 Å².